The van der Waals surface area contributed by atoms with Crippen LogP contribution in [0.25, 0.3) is 0 Å². The minimum atomic E-state index is -1.21. The van der Waals surface area contributed by atoms with E-state index in [9.17, 15) is 14.4 Å². The topological polar surface area (TPSA) is 75.7 Å². The van der Waals surface area contributed by atoms with E-state index in [-0.39, 0.29) is 18.4 Å². The molecular formula is C18H22N2O4. The quantitative estimate of drug-likeness (QED) is 0.665. The molecule has 0 unspecified atom stereocenters. The fourth-order valence-corrected chi connectivity index (χ4v) is 3.81. The van der Waals surface area contributed by atoms with Crippen LogP contribution < -0.4 is 5.32 Å². The zero-order valence-corrected chi connectivity index (χ0v) is 14.3. The Labute approximate surface area is 141 Å². The largest absolute Gasteiger partial charge is 0.465 e. The summed E-state index contributed by atoms with van der Waals surface area (Å²) in [6.07, 6.45) is 0. The van der Waals surface area contributed by atoms with E-state index < -0.39 is 29.4 Å². The first kappa shape index (κ1) is 16.6. The van der Waals surface area contributed by atoms with E-state index >= 15 is 0 Å². The molecule has 6 nitrogen and oxygen atoms in total. The van der Waals surface area contributed by atoms with E-state index in [1.807, 2.05) is 31.2 Å². The first-order valence-electron chi connectivity index (χ1n) is 8.14. The Morgan fingerprint density at radius 3 is 2.46 bits per heavy atom. The van der Waals surface area contributed by atoms with Crippen LogP contribution in [0.15, 0.2) is 24.3 Å². The van der Waals surface area contributed by atoms with Gasteiger partial charge >= 0.3 is 5.97 Å². The molecule has 1 N–H and O–H groups in total. The molecule has 1 aromatic rings. The summed E-state index contributed by atoms with van der Waals surface area (Å²) in [6, 6.07) is 7.37. The van der Waals surface area contributed by atoms with Gasteiger partial charge in [-0.05, 0) is 26.3 Å². The smallest absolute Gasteiger partial charge is 0.326 e. The Morgan fingerprint density at radius 1 is 1.25 bits per heavy atom. The summed E-state index contributed by atoms with van der Waals surface area (Å²) in [5.74, 6) is -2.43. The van der Waals surface area contributed by atoms with Crippen LogP contribution in [0.3, 0.4) is 0 Å². The Kier molecular flexibility index (Phi) is 3.95. The molecule has 6 heteroatoms. The molecule has 0 aromatic heterocycles. The molecule has 24 heavy (non-hydrogen) atoms. The van der Waals surface area contributed by atoms with Crippen molar-refractivity contribution in [2.45, 2.75) is 32.4 Å². The van der Waals surface area contributed by atoms with Crippen LogP contribution in [0, 0.1) is 18.8 Å². The number of carbonyl (C=O) groups is 3. The van der Waals surface area contributed by atoms with Crippen LogP contribution in [0.5, 0.6) is 0 Å². The highest BCUT2D eigenvalue weighted by atomic mass is 16.5. The molecule has 4 atom stereocenters. The molecule has 0 aliphatic carbocycles. The third-order valence-corrected chi connectivity index (χ3v) is 5.14. The van der Waals surface area contributed by atoms with Crippen molar-refractivity contribution in [2.24, 2.45) is 11.8 Å². The molecule has 3 rings (SSSR count). The number of imide groups is 1. The second-order valence-electron chi connectivity index (χ2n) is 6.69. The molecule has 2 aliphatic rings. The summed E-state index contributed by atoms with van der Waals surface area (Å²) >= 11 is 0. The molecule has 0 radical (unpaired) electrons. The van der Waals surface area contributed by atoms with Gasteiger partial charge in [0.05, 0.1) is 18.4 Å². The number of amides is 2. The Balaban J connectivity index is 2.06. The number of esters is 1. The fourth-order valence-electron chi connectivity index (χ4n) is 3.81. The van der Waals surface area contributed by atoms with Crippen LogP contribution in [-0.2, 0) is 19.1 Å². The molecule has 2 aliphatic heterocycles. The van der Waals surface area contributed by atoms with Crippen LogP contribution in [0.4, 0.5) is 0 Å². The number of aryl methyl sites for hydroxylation is 1. The van der Waals surface area contributed by atoms with Gasteiger partial charge in [-0.25, -0.2) is 0 Å². The molecule has 0 saturated carbocycles. The number of hydrogen-bond acceptors (Lipinski definition) is 5. The van der Waals surface area contributed by atoms with Gasteiger partial charge in [-0.2, -0.15) is 0 Å². The fraction of sp³-hybridized carbons (Fsp3) is 0.500. The van der Waals surface area contributed by atoms with Gasteiger partial charge in [0.15, 0.2) is 0 Å². The number of rotatable bonds is 3. The van der Waals surface area contributed by atoms with Crippen molar-refractivity contribution in [3.8, 4) is 0 Å². The highest BCUT2D eigenvalue weighted by molar-refractivity contribution is 6.09. The number of likely N-dealkylation sites (tertiary alicyclic amines) is 1. The number of nitrogens with one attached hydrogen (secondary N) is 1. The maximum Gasteiger partial charge on any atom is 0.326 e. The highest BCUT2D eigenvalue weighted by Gasteiger charge is 2.66. The van der Waals surface area contributed by atoms with Gasteiger partial charge in [0.2, 0.25) is 11.8 Å². The predicted molar refractivity (Wildman–Crippen MR) is 86.9 cm³/mol. The van der Waals surface area contributed by atoms with Crippen LogP contribution in [-0.4, -0.2) is 41.9 Å². The lowest BCUT2D eigenvalue weighted by molar-refractivity contribution is -0.155. The molecule has 1 aromatic carbocycles. The van der Waals surface area contributed by atoms with Crippen molar-refractivity contribution >= 4 is 17.8 Å². The molecule has 2 fully saturated rings. The van der Waals surface area contributed by atoms with Crippen molar-refractivity contribution < 1.29 is 19.1 Å². The van der Waals surface area contributed by atoms with Crippen molar-refractivity contribution in [1.29, 1.82) is 0 Å². The average Bonchev–Trinajstić information content (AvgIpc) is 2.99. The molecule has 128 valence electrons. The van der Waals surface area contributed by atoms with Crippen LogP contribution >= 0.6 is 0 Å². The number of hydrogen-bond donors (Lipinski definition) is 1. The number of benzene rings is 1. The highest BCUT2D eigenvalue weighted by Crippen LogP contribution is 2.48. The predicted octanol–water partition coefficient (Wildman–Crippen LogP) is 1.19. The Bertz CT molecular complexity index is 699. The van der Waals surface area contributed by atoms with E-state index in [2.05, 4.69) is 5.32 Å². The third-order valence-electron chi connectivity index (χ3n) is 5.14. The van der Waals surface area contributed by atoms with Gasteiger partial charge in [0.1, 0.15) is 5.54 Å². The lowest BCUT2D eigenvalue weighted by Crippen LogP contribution is -2.53. The summed E-state index contributed by atoms with van der Waals surface area (Å²) in [7, 11) is 1.47. The van der Waals surface area contributed by atoms with Crippen molar-refractivity contribution in [2.75, 3.05) is 13.7 Å². The number of ether oxygens (including phenoxy) is 1. The molecule has 2 amide bonds. The molecule has 0 bridgehead atoms. The van der Waals surface area contributed by atoms with E-state index in [4.69, 9.17) is 4.74 Å². The molecule has 2 saturated heterocycles. The summed E-state index contributed by atoms with van der Waals surface area (Å²) in [6.45, 7) is 5.58. The van der Waals surface area contributed by atoms with Crippen molar-refractivity contribution in [3.63, 3.8) is 0 Å². The SMILES string of the molecule is CCOC(=O)[C@]1(C)N[C@H](c2ccc(C)cc2)[C@H]2C(=O)N(C)C(=O)[C@H]21. The minimum absolute atomic E-state index is 0.223. The van der Waals surface area contributed by atoms with Gasteiger partial charge in [-0.3, -0.25) is 24.6 Å². The first-order valence-corrected chi connectivity index (χ1v) is 8.14. The van der Waals surface area contributed by atoms with E-state index in [1.54, 1.807) is 13.8 Å². The lowest BCUT2D eigenvalue weighted by atomic mass is 9.80. The standard InChI is InChI=1S/C18H22N2O4/c1-5-24-17(23)18(3)13-12(15(21)20(4)16(13)22)14(19-18)11-8-6-10(2)7-9-11/h6-9,12-14,19H,5H2,1-4H3/t12-,13-,14+,18+/m0/s1. The van der Waals surface area contributed by atoms with E-state index in [1.165, 1.54) is 7.05 Å². The molecule has 0 spiro atoms. The second kappa shape index (κ2) is 5.70. The lowest BCUT2D eigenvalue weighted by Gasteiger charge is -2.28. The Hall–Kier alpha value is -2.21. The maximum atomic E-state index is 12.6. The third kappa shape index (κ3) is 2.24. The van der Waals surface area contributed by atoms with Gasteiger partial charge in [-0.15, -0.1) is 0 Å². The van der Waals surface area contributed by atoms with Crippen LogP contribution in [0.2, 0.25) is 0 Å². The number of carbonyl (C=O) groups excluding carboxylic acids is 3. The Morgan fingerprint density at radius 2 is 1.88 bits per heavy atom. The number of fused-ring (bicyclic) bond motifs is 1. The van der Waals surface area contributed by atoms with Crippen molar-refractivity contribution in [1.82, 2.24) is 10.2 Å². The molecular weight excluding hydrogens is 308 g/mol. The maximum absolute atomic E-state index is 12.6. The van der Waals surface area contributed by atoms with Gasteiger partial charge in [0.25, 0.3) is 0 Å². The zero-order valence-electron chi connectivity index (χ0n) is 14.3. The normalized spacial score (nSPS) is 32.2. The summed E-state index contributed by atoms with van der Waals surface area (Å²) in [5, 5.41) is 3.23. The number of nitrogens with zero attached hydrogens (tertiary/aromatic N) is 1. The van der Waals surface area contributed by atoms with Crippen LogP contribution in [0.1, 0.15) is 31.0 Å². The van der Waals surface area contributed by atoms with E-state index in [0.717, 1.165) is 16.0 Å². The van der Waals surface area contributed by atoms with E-state index in [0.29, 0.717) is 0 Å². The van der Waals surface area contributed by atoms with Crippen molar-refractivity contribution in [3.05, 3.63) is 35.4 Å². The summed E-state index contributed by atoms with van der Waals surface area (Å²) < 4.78 is 5.18. The second-order valence-corrected chi connectivity index (χ2v) is 6.69. The zero-order chi connectivity index (χ0) is 17.6. The monoisotopic (exact) mass is 330 g/mol. The minimum Gasteiger partial charge on any atom is -0.465 e. The van der Waals surface area contributed by atoms with Gasteiger partial charge in [0, 0.05) is 13.1 Å². The summed E-state index contributed by atoms with van der Waals surface area (Å²) in [4.78, 5) is 38.9. The van der Waals surface area contributed by atoms with Gasteiger partial charge in [-0.1, -0.05) is 29.8 Å². The first-order chi connectivity index (χ1) is 11.3. The summed E-state index contributed by atoms with van der Waals surface area (Å²) in [5.41, 5.74) is 0.778. The van der Waals surface area contributed by atoms with Gasteiger partial charge < -0.3 is 4.74 Å². The molecule has 2 heterocycles. The average molecular weight is 330 g/mol.